The van der Waals surface area contributed by atoms with Crippen molar-refractivity contribution in [3.8, 4) is 0 Å². The zero-order chi connectivity index (χ0) is 16.3. The van der Waals surface area contributed by atoms with E-state index in [4.69, 9.17) is 11.6 Å². The number of benzene rings is 2. The lowest BCUT2D eigenvalue weighted by atomic mass is 10.1. The second-order valence-electron chi connectivity index (χ2n) is 5.90. The SMILES string of the molecule is O=S(=O)(CC(c1ccccc1)N1CCCC1)c1ccc(Cl)cc1. The molecule has 1 unspecified atom stereocenters. The summed E-state index contributed by atoms with van der Waals surface area (Å²) in [5, 5.41) is 0.545. The van der Waals surface area contributed by atoms with E-state index in [0.29, 0.717) is 9.92 Å². The van der Waals surface area contributed by atoms with Crippen LogP contribution >= 0.6 is 11.6 Å². The van der Waals surface area contributed by atoms with E-state index >= 15 is 0 Å². The van der Waals surface area contributed by atoms with E-state index in [1.807, 2.05) is 30.3 Å². The average Bonchev–Trinajstić information content (AvgIpc) is 3.08. The van der Waals surface area contributed by atoms with Gasteiger partial charge in [-0.05, 0) is 55.8 Å². The third-order valence-electron chi connectivity index (χ3n) is 4.32. The maximum absolute atomic E-state index is 12.8. The van der Waals surface area contributed by atoms with Crippen LogP contribution in [0.15, 0.2) is 59.5 Å². The van der Waals surface area contributed by atoms with Crippen molar-refractivity contribution in [1.29, 1.82) is 0 Å². The van der Waals surface area contributed by atoms with Gasteiger partial charge >= 0.3 is 0 Å². The van der Waals surface area contributed by atoms with Crippen LogP contribution in [0, 0.1) is 0 Å². The van der Waals surface area contributed by atoms with Gasteiger partial charge in [-0.1, -0.05) is 41.9 Å². The fourth-order valence-corrected chi connectivity index (χ4v) is 4.78. The molecular formula is C18H20ClNO2S. The van der Waals surface area contributed by atoms with Crippen LogP contribution in [-0.4, -0.2) is 32.2 Å². The summed E-state index contributed by atoms with van der Waals surface area (Å²) in [6.45, 7) is 1.91. The van der Waals surface area contributed by atoms with Gasteiger partial charge in [0.1, 0.15) is 0 Å². The van der Waals surface area contributed by atoms with Crippen molar-refractivity contribution in [2.24, 2.45) is 0 Å². The highest BCUT2D eigenvalue weighted by atomic mass is 35.5. The molecule has 0 radical (unpaired) electrons. The summed E-state index contributed by atoms with van der Waals surface area (Å²) in [5.74, 6) is 0.0959. The van der Waals surface area contributed by atoms with Gasteiger partial charge in [-0.15, -0.1) is 0 Å². The summed E-state index contributed by atoms with van der Waals surface area (Å²) in [4.78, 5) is 2.62. The molecule has 0 N–H and O–H groups in total. The lowest BCUT2D eigenvalue weighted by molar-refractivity contribution is 0.264. The van der Waals surface area contributed by atoms with E-state index in [1.165, 1.54) is 0 Å². The van der Waals surface area contributed by atoms with Crippen LogP contribution in [0.3, 0.4) is 0 Å². The fraction of sp³-hybridized carbons (Fsp3) is 0.333. The van der Waals surface area contributed by atoms with Crippen LogP contribution < -0.4 is 0 Å². The molecular weight excluding hydrogens is 330 g/mol. The van der Waals surface area contributed by atoms with E-state index in [1.54, 1.807) is 24.3 Å². The van der Waals surface area contributed by atoms with Gasteiger partial charge in [0, 0.05) is 11.1 Å². The molecule has 1 aliphatic rings. The predicted octanol–water partition coefficient (Wildman–Crippen LogP) is 3.95. The lowest BCUT2D eigenvalue weighted by Gasteiger charge is -2.27. The van der Waals surface area contributed by atoms with Gasteiger partial charge in [-0.3, -0.25) is 4.90 Å². The van der Waals surface area contributed by atoms with Crippen molar-refractivity contribution in [2.45, 2.75) is 23.8 Å². The summed E-state index contributed by atoms with van der Waals surface area (Å²) in [6, 6.07) is 16.2. The van der Waals surface area contributed by atoms with Crippen molar-refractivity contribution >= 4 is 21.4 Å². The van der Waals surface area contributed by atoms with Gasteiger partial charge in [0.15, 0.2) is 9.84 Å². The van der Waals surface area contributed by atoms with Crippen LogP contribution in [-0.2, 0) is 9.84 Å². The van der Waals surface area contributed by atoms with Gasteiger partial charge in [-0.2, -0.15) is 0 Å². The smallest absolute Gasteiger partial charge is 0.180 e. The molecule has 5 heteroatoms. The van der Waals surface area contributed by atoms with Crippen molar-refractivity contribution in [2.75, 3.05) is 18.8 Å². The highest BCUT2D eigenvalue weighted by molar-refractivity contribution is 7.91. The van der Waals surface area contributed by atoms with Gasteiger partial charge in [0.2, 0.25) is 0 Å². The number of nitrogens with zero attached hydrogens (tertiary/aromatic N) is 1. The molecule has 3 nitrogen and oxygen atoms in total. The molecule has 1 aliphatic heterocycles. The van der Waals surface area contributed by atoms with E-state index < -0.39 is 9.84 Å². The highest BCUT2D eigenvalue weighted by Crippen LogP contribution is 2.29. The van der Waals surface area contributed by atoms with Crippen molar-refractivity contribution in [3.63, 3.8) is 0 Å². The maximum atomic E-state index is 12.8. The standard InChI is InChI=1S/C18H20ClNO2S/c19-16-8-10-17(11-9-16)23(21,22)14-18(20-12-4-5-13-20)15-6-2-1-3-7-15/h1-3,6-11,18H,4-5,12-14H2. The zero-order valence-corrected chi connectivity index (χ0v) is 14.4. The molecule has 0 spiro atoms. The topological polar surface area (TPSA) is 37.4 Å². The Balaban J connectivity index is 1.90. The fourth-order valence-electron chi connectivity index (χ4n) is 3.09. The van der Waals surface area contributed by atoms with E-state index in [-0.39, 0.29) is 11.8 Å². The molecule has 122 valence electrons. The van der Waals surface area contributed by atoms with Gasteiger partial charge < -0.3 is 0 Å². The molecule has 2 aromatic carbocycles. The number of hydrogen-bond acceptors (Lipinski definition) is 3. The molecule has 2 aromatic rings. The number of hydrogen-bond donors (Lipinski definition) is 0. The molecule has 1 atom stereocenters. The first kappa shape index (κ1) is 16.5. The first-order chi connectivity index (χ1) is 11.1. The zero-order valence-electron chi connectivity index (χ0n) is 12.9. The second-order valence-corrected chi connectivity index (χ2v) is 8.38. The first-order valence-corrected chi connectivity index (χ1v) is 9.86. The third-order valence-corrected chi connectivity index (χ3v) is 6.31. The molecule has 23 heavy (non-hydrogen) atoms. The first-order valence-electron chi connectivity index (χ1n) is 7.83. The molecule has 1 saturated heterocycles. The lowest BCUT2D eigenvalue weighted by Crippen LogP contribution is -2.31. The predicted molar refractivity (Wildman–Crippen MR) is 93.5 cm³/mol. The minimum absolute atomic E-state index is 0.0959. The summed E-state index contributed by atoms with van der Waals surface area (Å²) in [7, 11) is -3.36. The van der Waals surface area contributed by atoms with Crippen LogP contribution in [0.1, 0.15) is 24.4 Å². The molecule has 3 rings (SSSR count). The Kier molecular flexibility index (Phi) is 5.05. The van der Waals surface area contributed by atoms with Crippen LogP contribution in [0.5, 0.6) is 0 Å². The molecule has 1 heterocycles. The normalized spacial score (nSPS) is 17.3. The molecule has 0 aromatic heterocycles. The summed E-state index contributed by atoms with van der Waals surface area (Å²) in [5.41, 5.74) is 1.06. The Morgan fingerprint density at radius 2 is 1.57 bits per heavy atom. The Morgan fingerprint density at radius 1 is 0.957 bits per heavy atom. The Labute approximate surface area is 142 Å². The Morgan fingerprint density at radius 3 is 2.17 bits per heavy atom. The van der Waals surface area contributed by atoms with Crippen LogP contribution in [0.2, 0.25) is 5.02 Å². The van der Waals surface area contributed by atoms with Gasteiger partial charge in [-0.25, -0.2) is 8.42 Å². The Bertz CT molecular complexity index is 738. The van der Waals surface area contributed by atoms with Gasteiger partial charge in [0.25, 0.3) is 0 Å². The van der Waals surface area contributed by atoms with Crippen molar-refractivity contribution in [3.05, 3.63) is 65.2 Å². The minimum atomic E-state index is -3.36. The van der Waals surface area contributed by atoms with Gasteiger partial charge in [0.05, 0.1) is 10.6 Å². The average molecular weight is 350 g/mol. The summed E-state index contributed by atoms with van der Waals surface area (Å²) >= 11 is 5.86. The molecule has 0 amide bonds. The minimum Gasteiger partial charge on any atom is -0.295 e. The summed E-state index contributed by atoms with van der Waals surface area (Å²) in [6.07, 6.45) is 2.26. The van der Waals surface area contributed by atoms with Crippen molar-refractivity contribution < 1.29 is 8.42 Å². The molecule has 1 fully saturated rings. The van der Waals surface area contributed by atoms with E-state index in [2.05, 4.69) is 4.90 Å². The molecule has 0 saturated carbocycles. The molecule has 0 bridgehead atoms. The number of rotatable bonds is 5. The number of likely N-dealkylation sites (tertiary alicyclic amines) is 1. The van der Waals surface area contributed by atoms with E-state index in [9.17, 15) is 8.42 Å². The highest BCUT2D eigenvalue weighted by Gasteiger charge is 2.29. The van der Waals surface area contributed by atoms with Crippen LogP contribution in [0.25, 0.3) is 0 Å². The quantitative estimate of drug-likeness (QED) is 0.820. The molecule has 0 aliphatic carbocycles. The Hall–Kier alpha value is -1.36. The summed E-state index contributed by atoms with van der Waals surface area (Å²) < 4.78 is 25.6. The largest absolute Gasteiger partial charge is 0.295 e. The monoisotopic (exact) mass is 349 g/mol. The number of halogens is 1. The van der Waals surface area contributed by atoms with Crippen LogP contribution in [0.4, 0.5) is 0 Å². The third kappa shape index (κ3) is 3.94. The number of sulfone groups is 1. The second kappa shape index (κ2) is 7.04. The maximum Gasteiger partial charge on any atom is 0.180 e. The van der Waals surface area contributed by atoms with E-state index in [0.717, 1.165) is 31.5 Å². The van der Waals surface area contributed by atoms with Crippen molar-refractivity contribution in [1.82, 2.24) is 4.90 Å².